The fourth-order valence-electron chi connectivity index (χ4n) is 2.99. The van der Waals surface area contributed by atoms with E-state index in [0.717, 1.165) is 31.4 Å². The van der Waals surface area contributed by atoms with Crippen LogP contribution in [0.3, 0.4) is 0 Å². The molecule has 0 aromatic heterocycles. The first kappa shape index (κ1) is 14.8. The Bertz CT molecular complexity index is 402. The second-order valence-corrected chi connectivity index (χ2v) is 6.23. The van der Waals surface area contributed by atoms with Crippen LogP contribution in [0.5, 0.6) is 0 Å². The summed E-state index contributed by atoms with van der Waals surface area (Å²) in [7, 11) is 0. The Kier molecular flexibility index (Phi) is 4.45. The van der Waals surface area contributed by atoms with Crippen LogP contribution in [0.25, 0.3) is 0 Å². The molecule has 1 spiro atoms. The van der Waals surface area contributed by atoms with Gasteiger partial charge in [-0.15, -0.1) is 0 Å². The lowest BCUT2D eigenvalue weighted by molar-refractivity contribution is -0.168. The maximum absolute atomic E-state index is 11.7. The first-order valence-electron chi connectivity index (χ1n) is 7.92. The quantitative estimate of drug-likeness (QED) is 0.782. The zero-order valence-electron chi connectivity index (χ0n) is 12.6. The fourth-order valence-corrected chi connectivity index (χ4v) is 2.99. The summed E-state index contributed by atoms with van der Waals surface area (Å²) in [5.74, 6) is 0.186. The van der Waals surface area contributed by atoms with E-state index < -0.39 is 0 Å². The van der Waals surface area contributed by atoms with E-state index in [9.17, 15) is 4.79 Å². The van der Waals surface area contributed by atoms with E-state index in [1.165, 1.54) is 12.8 Å². The van der Waals surface area contributed by atoms with Gasteiger partial charge in [-0.2, -0.15) is 0 Å². The van der Waals surface area contributed by atoms with Gasteiger partial charge in [-0.3, -0.25) is 4.79 Å². The molecule has 1 amide bonds. The molecule has 6 heteroatoms. The standard InChI is InChI=1S/C15H24N2O4/c1-11(12-2-3-12)16-14(18)10-21-17-13-4-6-15(7-5-13)19-8-9-20-15/h11-12H,2-10H2,1H3,(H,16,18). The molecule has 1 saturated heterocycles. The third kappa shape index (κ3) is 3.95. The van der Waals surface area contributed by atoms with Crippen molar-refractivity contribution in [3.8, 4) is 0 Å². The molecule has 3 rings (SSSR count). The number of amides is 1. The van der Waals surface area contributed by atoms with Gasteiger partial charge in [0.1, 0.15) is 0 Å². The van der Waals surface area contributed by atoms with Gasteiger partial charge in [0.2, 0.25) is 0 Å². The predicted octanol–water partition coefficient (Wildman–Crippen LogP) is 1.59. The lowest BCUT2D eigenvalue weighted by Gasteiger charge is -2.31. The highest BCUT2D eigenvalue weighted by Gasteiger charge is 2.39. The van der Waals surface area contributed by atoms with Crippen LogP contribution in [-0.4, -0.2) is 43.3 Å². The summed E-state index contributed by atoms with van der Waals surface area (Å²) >= 11 is 0. The van der Waals surface area contributed by atoms with E-state index in [4.69, 9.17) is 14.3 Å². The van der Waals surface area contributed by atoms with Gasteiger partial charge in [-0.05, 0) is 38.5 Å². The van der Waals surface area contributed by atoms with Gasteiger partial charge < -0.3 is 19.6 Å². The van der Waals surface area contributed by atoms with E-state index in [2.05, 4.69) is 10.5 Å². The second kappa shape index (κ2) is 6.32. The van der Waals surface area contributed by atoms with Crippen molar-refractivity contribution in [2.24, 2.45) is 11.1 Å². The van der Waals surface area contributed by atoms with Gasteiger partial charge in [-0.25, -0.2) is 0 Å². The molecule has 6 nitrogen and oxygen atoms in total. The average Bonchev–Trinajstić information content (AvgIpc) is 3.23. The van der Waals surface area contributed by atoms with Crippen LogP contribution in [-0.2, 0) is 19.1 Å². The molecule has 2 saturated carbocycles. The Balaban J connectivity index is 1.35. The van der Waals surface area contributed by atoms with Crippen LogP contribution in [0, 0.1) is 5.92 Å². The molecule has 0 bridgehead atoms. The molecule has 1 N–H and O–H groups in total. The molecule has 1 atom stereocenters. The lowest BCUT2D eigenvalue weighted by atomic mass is 9.92. The van der Waals surface area contributed by atoms with Crippen molar-refractivity contribution < 1.29 is 19.1 Å². The van der Waals surface area contributed by atoms with E-state index in [-0.39, 0.29) is 24.3 Å². The normalized spacial score (nSPS) is 25.7. The Morgan fingerprint density at radius 2 is 2.05 bits per heavy atom. The zero-order chi connectivity index (χ0) is 14.7. The van der Waals surface area contributed by atoms with Crippen molar-refractivity contribution in [1.82, 2.24) is 5.32 Å². The summed E-state index contributed by atoms with van der Waals surface area (Å²) in [6, 6.07) is 0.250. The average molecular weight is 296 g/mol. The maximum Gasteiger partial charge on any atom is 0.260 e. The van der Waals surface area contributed by atoms with E-state index >= 15 is 0 Å². The number of hydrogen-bond acceptors (Lipinski definition) is 5. The van der Waals surface area contributed by atoms with Crippen molar-refractivity contribution in [1.29, 1.82) is 0 Å². The topological polar surface area (TPSA) is 69.2 Å². The van der Waals surface area contributed by atoms with Gasteiger partial charge in [0.25, 0.3) is 5.91 Å². The van der Waals surface area contributed by atoms with Crippen LogP contribution < -0.4 is 5.32 Å². The number of rotatable bonds is 5. The fraction of sp³-hybridized carbons (Fsp3) is 0.867. The molecular weight excluding hydrogens is 272 g/mol. The van der Waals surface area contributed by atoms with Crippen LogP contribution in [0.4, 0.5) is 0 Å². The van der Waals surface area contributed by atoms with Crippen molar-refractivity contribution >= 4 is 11.6 Å². The SMILES string of the molecule is CC(NC(=O)CON=C1CCC2(CC1)OCCO2)C1CC1. The van der Waals surface area contributed by atoms with Gasteiger partial charge in [0, 0.05) is 18.9 Å². The summed E-state index contributed by atoms with van der Waals surface area (Å²) in [6.45, 7) is 3.41. The zero-order valence-corrected chi connectivity index (χ0v) is 12.6. The van der Waals surface area contributed by atoms with Crippen LogP contribution >= 0.6 is 0 Å². The molecule has 3 aliphatic rings. The number of carbonyl (C=O) groups excluding carboxylic acids is 1. The Morgan fingerprint density at radius 1 is 1.38 bits per heavy atom. The van der Waals surface area contributed by atoms with Crippen LogP contribution in [0.2, 0.25) is 0 Å². The Labute approximate surface area is 125 Å². The van der Waals surface area contributed by atoms with Gasteiger partial charge in [0.15, 0.2) is 12.4 Å². The highest BCUT2D eigenvalue weighted by molar-refractivity contribution is 5.85. The van der Waals surface area contributed by atoms with Gasteiger partial charge >= 0.3 is 0 Å². The molecule has 1 unspecified atom stereocenters. The second-order valence-electron chi connectivity index (χ2n) is 6.23. The summed E-state index contributed by atoms with van der Waals surface area (Å²) in [5, 5.41) is 7.04. The Morgan fingerprint density at radius 3 is 2.67 bits per heavy atom. The largest absolute Gasteiger partial charge is 0.386 e. The number of ether oxygens (including phenoxy) is 2. The highest BCUT2D eigenvalue weighted by Crippen LogP contribution is 2.34. The van der Waals surface area contributed by atoms with Gasteiger partial charge in [0.05, 0.1) is 18.9 Å². The molecule has 1 heterocycles. The molecule has 0 aromatic carbocycles. The molecule has 1 aliphatic heterocycles. The molecule has 21 heavy (non-hydrogen) atoms. The summed E-state index contributed by atoms with van der Waals surface area (Å²) < 4.78 is 11.3. The summed E-state index contributed by atoms with van der Waals surface area (Å²) in [4.78, 5) is 16.9. The van der Waals surface area contributed by atoms with Crippen molar-refractivity contribution in [3.05, 3.63) is 0 Å². The molecule has 0 aromatic rings. The number of oxime groups is 1. The third-order valence-electron chi connectivity index (χ3n) is 4.51. The number of hydrogen-bond donors (Lipinski definition) is 1. The minimum absolute atomic E-state index is 0.00129. The van der Waals surface area contributed by atoms with E-state index in [0.29, 0.717) is 19.1 Å². The van der Waals surface area contributed by atoms with Gasteiger partial charge in [-0.1, -0.05) is 5.16 Å². The molecule has 118 valence electrons. The highest BCUT2D eigenvalue weighted by atomic mass is 16.7. The molecule has 3 fully saturated rings. The Hall–Kier alpha value is -1.14. The summed E-state index contributed by atoms with van der Waals surface area (Å²) in [6.07, 6.45) is 5.69. The van der Waals surface area contributed by atoms with E-state index in [1.807, 2.05) is 6.92 Å². The lowest BCUT2D eigenvalue weighted by Crippen LogP contribution is -2.36. The minimum atomic E-state index is -0.379. The molecule has 2 aliphatic carbocycles. The van der Waals surface area contributed by atoms with Crippen molar-refractivity contribution in [2.45, 2.75) is 57.3 Å². The third-order valence-corrected chi connectivity index (χ3v) is 4.51. The number of carbonyl (C=O) groups is 1. The van der Waals surface area contributed by atoms with E-state index in [1.54, 1.807) is 0 Å². The molecule has 0 radical (unpaired) electrons. The van der Waals surface area contributed by atoms with Crippen molar-refractivity contribution in [3.63, 3.8) is 0 Å². The van der Waals surface area contributed by atoms with Crippen LogP contribution in [0.1, 0.15) is 45.4 Å². The maximum atomic E-state index is 11.7. The predicted molar refractivity (Wildman–Crippen MR) is 76.8 cm³/mol. The minimum Gasteiger partial charge on any atom is -0.386 e. The van der Waals surface area contributed by atoms with Crippen molar-refractivity contribution in [2.75, 3.05) is 19.8 Å². The number of nitrogens with one attached hydrogen (secondary N) is 1. The smallest absolute Gasteiger partial charge is 0.260 e. The summed E-state index contributed by atoms with van der Waals surface area (Å²) in [5.41, 5.74) is 0.989. The first-order chi connectivity index (χ1) is 10.2. The monoisotopic (exact) mass is 296 g/mol. The first-order valence-corrected chi connectivity index (χ1v) is 7.92. The van der Waals surface area contributed by atoms with Crippen LogP contribution in [0.15, 0.2) is 5.16 Å². The number of nitrogens with zero attached hydrogens (tertiary/aromatic N) is 1. The molecular formula is C15H24N2O4.